The van der Waals surface area contributed by atoms with E-state index in [4.69, 9.17) is 4.74 Å². The molecule has 0 saturated carbocycles. The molecule has 0 radical (unpaired) electrons. The van der Waals surface area contributed by atoms with E-state index in [1.165, 1.54) is 24.7 Å². The van der Waals surface area contributed by atoms with Crippen LogP contribution in [-0.4, -0.2) is 37.1 Å². The van der Waals surface area contributed by atoms with Crippen molar-refractivity contribution in [2.24, 2.45) is 11.3 Å². The Kier molecular flexibility index (Phi) is 5.06. The molecule has 3 heteroatoms. The minimum absolute atomic E-state index is 0.0512. The van der Waals surface area contributed by atoms with Crippen molar-refractivity contribution in [2.45, 2.75) is 58.0 Å². The molecule has 2 saturated heterocycles. The van der Waals surface area contributed by atoms with Gasteiger partial charge in [0.25, 0.3) is 0 Å². The summed E-state index contributed by atoms with van der Waals surface area (Å²) in [6.45, 7) is 6.60. The number of rotatable bonds is 3. The summed E-state index contributed by atoms with van der Waals surface area (Å²) >= 11 is 0. The van der Waals surface area contributed by atoms with E-state index >= 15 is 0 Å². The van der Waals surface area contributed by atoms with E-state index in [0.717, 1.165) is 12.8 Å². The van der Waals surface area contributed by atoms with Gasteiger partial charge in [-0.25, -0.2) is 0 Å². The van der Waals surface area contributed by atoms with Crippen LogP contribution in [0.4, 0.5) is 0 Å². The Balaban J connectivity index is 1.84. The second-order valence-corrected chi connectivity index (χ2v) is 8.72. The van der Waals surface area contributed by atoms with Crippen LogP contribution in [0, 0.1) is 11.3 Å². The lowest BCUT2D eigenvalue weighted by Crippen LogP contribution is -2.49. The van der Waals surface area contributed by atoms with E-state index in [2.05, 4.69) is 69.1 Å². The van der Waals surface area contributed by atoms with E-state index in [9.17, 15) is 4.79 Å². The van der Waals surface area contributed by atoms with Gasteiger partial charge in [0.1, 0.15) is 0 Å². The van der Waals surface area contributed by atoms with Crippen LogP contribution in [0.5, 0.6) is 0 Å². The molecule has 0 amide bonds. The third-order valence-corrected chi connectivity index (χ3v) is 5.88. The van der Waals surface area contributed by atoms with E-state index in [1.807, 2.05) is 0 Å². The van der Waals surface area contributed by atoms with Crippen LogP contribution >= 0.6 is 0 Å². The molecule has 2 bridgehead atoms. The van der Waals surface area contributed by atoms with Gasteiger partial charge in [0.15, 0.2) is 0 Å². The largest absolute Gasteiger partial charge is 0.469 e. The van der Waals surface area contributed by atoms with Crippen LogP contribution in [0.2, 0.25) is 0 Å². The Bertz CT molecular complexity index is 641. The summed E-state index contributed by atoms with van der Waals surface area (Å²) < 4.78 is 5.16. The maximum Gasteiger partial charge on any atom is 0.310 e. The van der Waals surface area contributed by atoms with Gasteiger partial charge in [-0.05, 0) is 42.9 Å². The van der Waals surface area contributed by atoms with Crippen molar-refractivity contribution in [1.82, 2.24) is 4.90 Å². The van der Waals surface area contributed by atoms with Gasteiger partial charge in [-0.1, -0.05) is 57.2 Å². The number of benzene rings is 1. The Morgan fingerprint density at radius 2 is 1.88 bits per heavy atom. The van der Waals surface area contributed by atoms with Crippen molar-refractivity contribution in [3.05, 3.63) is 41.5 Å². The first kappa shape index (κ1) is 18.2. The molecule has 2 fully saturated rings. The van der Waals surface area contributed by atoms with E-state index in [1.54, 1.807) is 0 Å². The van der Waals surface area contributed by atoms with Crippen LogP contribution in [0.25, 0.3) is 6.08 Å². The summed E-state index contributed by atoms with van der Waals surface area (Å²) in [5, 5.41) is 0. The predicted octanol–water partition coefficient (Wildman–Crippen LogP) is 4.49. The maximum absolute atomic E-state index is 12.5. The van der Waals surface area contributed by atoms with Gasteiger partial charge >= 0.3 is 5.97 Å². The third-order valence-electron chi connectivity index (χ3n) is 5.88. The third kappa shape index (κ3) is 3.82. The number of ether oxygens (including phenoxy) is 1. The first-order valence-corrected chi connectivity index (χ1v) is 9.39. The van der Waals surface area contributed by atoms with Gasteiger partial charge in [-0.15, -0.1) is 0 Å². The molecule has 2 aliphatic rings. The maximum atomic E-state index is 12.5. The fourth-order valence-electron chi connectivity index (χ4n) is 4.47. The Morgan fingerprint density at radius 3 is 2.48 bits per heavy atom. The molecular weight excluding hydrogens is 310 g/mol. The Morgan fingerprint density at radius 1 is 1.20 bits per heavy atom. The summed E-state index contributed by atoms with van der Waals surface area (Å²) in [5.74, 6) is 0.158. The molecule has 3 rings (SSSR count). The summed E-state index contributed by atoms with van der Waals surface area (Å²) in [6.07, 6.45) is 7.75. The fourth-order valence-corrected chi connectivity index (χ4v) is 4.47. The number of fused-ring (bicyclic) bond motifs is 2. The van der Waals surface area contributed by atoms with Crippen molar-refractivity contribution in [3.8, 4) is 0 Å². The Hall–Kier alpha value is -1.61. The van der Waals surface area contributed by atoms with Crippen LogP contribution in [0.3, 0.4) is 0 Å². The molecule has 0 aliphatic carbocycles. The molecule has 1 aromatic carbocycles. The first-order chi connectivity index (χ1) is 11.8. The molecule has 4 unspecified atom stereocenters. The smallest absolute Gasteiger partial charge is 0.310 e. The number of hydrogen-bond acceptors (Lipinski definition) is 3. The van der Waals surface area contributed by atoms with Crippen molar-refractivity contribution in [1.29, 1.82) is 0 Å². The minimum Gasteiger partial charge on any atom is -0.469 e. The second-order valence-electron chi connectivity index (χ2n) is 8.72. The molecule has 2 heterocycles. The van der Waals surface area contributed by atoms with Gasteiger partial charge < -0.3 is 4.74 Å². The first-order valence-electron chi connectivity index (χ1n) is 9.39. The quantitative estimate of drug-likeness (QED) is 0.759. The van der Waals surface area contributed by atoms with Crippen molar-refractivity contribution < 1.29 is 9.53 Å². The monoisotopic (exact) mass is 341 g/mol. The van der Waals surface area contributed by atoms with Crippen LogP contribution in [-0.2, 0) is 9.53 Å². The summed E-state index contributed by atoms with van der Waals surface area (Å²) in [5.41, 5.74) is 2.67. The number of piperidine rings is 1. The number of hydrogen-bond donors (Lipinski definition) is 0. The van der Waals surface area contributed by atoms with Crippen LogP contribution < -0.4 is 0 Å². The fraction of sp³-hybridized carbons (Fsp3) is 0.591. The SMILES string of the molecule is COC(=O)C1C(c2ccc(/C=C/C(C)(C)C)cc2)CC2CCC1N2C. The van der Waals surface area contributed by atoms with E-state index in [-0.39, 0.29) is 23.2 Å². The number of allylic oxidation sites excluding steroid dienone is 1. The second kappa shape index (κ2) is 6.95. The van der Waals surface area contributed by atoms with Gasteiger partial charge in [-0.3, -0.25) is 9.69 Å². The highest BCUT2D eigenvalue weighted by atomic mass is 16.5. The van der Waals surface area contributed by atoms with E-state index < -0.39 is 0 Å². The topological polar surface area (TPSA) is 29.5 Å². The highest BCUT2D eigenvalue weighted by Crippen LogP contribution is 2.46. The zero-order valence-corrected chi connectivity index (χ0v) is 16.2. The predicted molar refractivity (Wildman–Crippen MR) is 102 cm³/mol. The average Bonchev–Trinajstić information content (AvgIpc) is 2.82. The number of esters is 1. The molecule has 25 heavy (non-hydrogen) atoms. The summed E-state index contributed by atoms with van der Waals surface area (Å²) in [6, 6.07) is 9.66. The highest BCUT2D eigenvalue weighted by molar-refractivity contribution is 5.75. The lowest BCUT2D eigenvalue weighted by atomic mass is 9.76. The van der Waals surface area contributed by atoms with Crippen LogP contribution in [0.1, 0.15) is 57.1 Å². The number of nitrogens with zero attached hydrogens (tertiary/aromatic N) is 1. The lowest BCUT2D eigenvalue weighted by molar-refractivity contribution is -0.150. The molecule has 0 spiro atoms. The van der Waals surface area contributed by atoms with Crippen molar-refractivity contribution in [3.63, 3.8) is 0 Å². The van der Waals surface area contributed by atoms with Gasteiger partial charge in [-0.2, -0.15) is 0 Å². The summed E-state index contributed by atoms with van der Waals surface area (Å²) in [7, 11) is 3.68. The van der Waals surface area contributed by atoms with Crippen molar-refractivity contribution >= 4 is 12.0 Å². The van der Waals surface area contributed by atoms with Gasteiger partial charge in [0.05, 0.1) is 13.0 Å². The molecule has 1 aromatic rings. The van der Waals surface area contributed by atoms with E-state index in [0.29, 0.717) is 12.1 Å². The van der Waals surface area contributed by atoms with Crippen molar-refractivity contribution in [2.75, 3.05) is 14.2 Å². The lowest BCUT2D eigenvalue weighted by Gasteiger charge is -2.41. The van der Waals surface area contributed by atoms with Gasteiger partial charge in [0, 0.05) is 18.0 Å². The molecular formula is C22H31NO2. The number of carbonyl (C=O) groups is 1. The average molecular weight is 341 g/mol. The summed E-state index contributed by atoms with van der Waals surface area (Å²) in [4.78, 5) is 14.9. The number of methoxy groups -OCH3 is 1. The van der Waals surface area contributed by atoms with Gasteiger partial charge in [0.2, 0.25) is 0 Å². The Labute approximate surface area is 152 Å². The molecule has 0 N–H and O–H groups in total. The van der Waals surface area contributed by atoms with Crippen LogP contribution in [0.15, 0.2) is 30.3 Å². The molecule has 136 valence electrons. The molecule has 2 aliphatic heterocycles. The zero-order valence-electron chi connectivity index (χ0n) is 16.2. The molecule has 0 aromatic heterocycles. The molecule has 4 atom stereocenters. The molecule has 3 nitrogen and oxygen atoms in total. The zero-order chi connectivity index (χ0) is 18.2. The normalized spacial score (nSPS) is 30.0. The standard InChI is InChI=1S/C22H31NO2/c1-22(2,3)13-12-15-6-8-16(9-7-15)18-14-17-10-11-19(23(17)4)20(18)21(24)25-5/h6-9,12-13,17-20H,10-11,14H2,1-5H3/b13-12+. The highest BCUT2D eigenvalue weighted by Gasteiger charge is 2.49. The number of carbonyl (C=O) groups excluding carboxylic acids is 1. The minimum atomic E-state index is -0.0566.